The predicted molar refractivity (Wildman–Crippen MR) is 69.0 cm³/mol. The van der Waals surface area contributed by atoms with Gasteiger partial charge in [0.1, 0.15) is 6.54 Å². The fraction of sp³-hybridized carbons (Fsp3) is 0.583. The molecule has 100 valence electrons. The molecule has 1 aromatic heterocycles. The van der Waals surface area contributed by atoms with Crippen molar-refractivity contribution in [1.29, 1.82) is 0 Å². The summed E-state index contributed by atoms with van der Waals surface area (Å²) in [5.74, 6) is -0.804. The van der Waals surface area contributed by atoms with Crippen LogP contribution in [0, 0.1) is 0 Å². The fourth-order valence-electron chi connectivity index (χ4n) is 1.65. The van der Waals surface area contributed by atoms with Gasteiger partial charge in [0, 0.05) is 24.5 Å². The lowest BCUT2D eigenvalue weighted by atomic mass is 10.1. The van der Waals surface area contributed by atoms with Crippen molar-refractivity contribution in [2.24, 2.45) is 0 Å². The van der Waals surface area contributed by atoms with Crippen molar-refractivity contribution in [2.75, 3.05) is 18.0 Å². The molecule has 1 rings (SSSR count). The van der Waals surface area contributed by atoms with Crippen molar-refractivity contribution in [2.45, 2.75) is 33.2 Å². The van der Waals surface area contributed by atoms with Gasteiger partial charge in [-0.3, -0.25) is 9.59 Å². The molecule has 18 heavy (non-hydrogen) atoms. The Balaban J connectivity index is 3.25. The normalized spacial score (nSPS) is 11.3. The van der Waals surface area contributed by atoms with Crippen LogP contribution in [0.3, 0.4) is 0 Å². The molecule has 0 aromatic carbocycles. The Morgan fingerprint density at radius 2 is 2.11 bits per heavy atom. The minimum absolute atomic E-state index is 0.178. The Hall–Kier alpha value is -1.85. The van der Waals surface area contributed by atoms with E-state index in [0.717, 1.165) is 0 Å². The van der Waals surface area contributed by atoms with Crippen LogP contribution < -0.4 is 10.5 Å². The van der Waals surface area contributed by atoms with Crippen LogP contribution in [0.2, 0.25) is 0 Å². The number of anilines is 1. The third-order valence-electron chi connectivity index (χ3n) is 2.55. The molecule has 0 atom stereocenters. The fourth-order valence-corrected chi connectivity index (χ4v) is 1.65. The van der Waals surface area contributed by atoms with Gasteiger partial charge in [0.2, 0.25) is 0 Å². The van der Waals surface area contributed by atoms with Crippen molar-refractivity contribution in [3.8, 4) is 0 Å². The molecule has 0 saturated carbocycles. The molecular weight excluding hydrogens is 234 g/mol. The van der Waals surface area contributed by atoms with Gasteiger partial charge in [0.25, 0.3) is 5.56 Å². The number of aromatic nitrogens is 2. The molecule has 0 bridgehead atoms. The summed E-state index contributed by atoms with van der Waals surface area (Å²) >= 11 is 0. The van der Waals surface area contributed by atoms with Crippen LogP contribution in [0.25, 0.3) is 0 Å². The zero-order valence-electron chi connectivity index (χ0n) is 11.2. The van der Waals surface area contributed by atoms with Gasteiger partial charge in [-0.25, -0.2) is 4.98 Å². The number of nitrogens with zero attached hydrogens (tertiary/aromatic N) is 3. The smallest absolute Gasteiger partial charge is 0.323 e. The van der Waals surface area contributed by atoms with Crippen molar-refractivity contribution in [3.05, 3.63) is 22.7 Å². The van der Waals surface area contributed by atoms with Crippen LogP contribution in [0.5, 0.6) is 0 Å². The minimum Gasteiger partial charge on any atom is -0.480 e. The SMILES string of the molecule is CCN(CC(=O)O)c1nccn(C(C)(C)C)c1=O. The molecule has 0 unspecified atom stereocenters. The molecule has 0 aliphatic rings. The number of carbonyl (C=O) groups is 1. The molecule has 0 saturated heterocycles. The van der Waals surface area contributed by atoms with Gasteiger partial charge in [-0.1, -0.05) is 0 Å². The Morgan fingerprint density at radius 3 is 2.56 bits per heavy atom. The maximum Gasteiger partial charge on any atom is 0.323 e. The number of aliphatic carboxylic acids is 1. The van der Waals surface area contributed by atoms with E-state index in [2.05, 4.69) is 4.98 Å². The summed E-state index contributed by atoms with van der Waals surface area (Å²) in [6, 6.07) is 0. The highest BCUT2D eigenvalue weighted by Crippen LogP contribution is 2.12. The lowest BCUT2D eigenvalue weighted by Crippen LogP contribution is -2.40. The summed E-state index contributed by atoms with van der Waals surface area (Å²) in [6.45, 7) is 7.71. The van der Waals surface area contributed by atoms with Crippen LogP contribution >= 0.6 is 0 Å². The quantitative estimate of drug-likeness (QED) is 0.863. The van der Waals surface area contributed by atoms with Crippen molar-refractivity contribution in [3.63, 3.8) is 0 Å². The van der Waals surface area contributed by atoms with E-state index in [0.29, 0.717) is 6.54 Å². The number of hydrogen-bond acceptors (Lipinski definition) is 4. The van der Waals surface area contributed by atoms with Gasteiger partial charge in [0.15, 0.2) is 5.82 Å². The summed E-state index contributed by atoms with van der Waals surface area (Å²) in [7, 11) is 0. The van der Waals surface area contributed by atoms with E-state index in [1.165, 1.54) is 11.1 Å². The molecule has 0 radical (unpaired) electrons. The Labute approximate surface area is 106 Å². The van der Waals surface area contributed by atoms with E-state index in [9.17, 15) is 9.59 Å². The van der Waals surface area contributed by atoms with Crippen LogP contribution in [0.4, 0.5) is 5.82 Å². The maximum atomic E-state index is 12.3. The first-order valence-electron chi connectivity index (χ1n) is 5.82. The monoisotopic (exact) mass is 253 g/mol. The zero-order valence-corrected chi connectivity index (χ0v) is 11.2. The first-order chi connectivity index (χ1) is 8.27. The molecule has 0 spiro atoms. The van der Waals surface area contributed by atoms with Crippen LogP contribution in [-0.4, -0.2) is 33.7 Å². The van der Waals surface area contributed by atoms with Gasteiger partial charge < -0.3 is 14.6 Å². The molecule has 0 aliphatic heterocycles. The molecule has 0 amide bonds. The molecule has 6 heteroatoms. The van der Waals surface area contributed by atoms with Crippen LogP contribution in [-0.2, 0) is 10.3 Å². The highest BCUT2D eigenvalue weighted by molar-refractivity contribution is 5.72. The van der Waals surface area contributed by atoms with Crippen molar-refractivity contribution in [1.82, 2.24) is 9.55 Å². The Kier molecular flexibility index (Phi) is 4.11. The number of rotatable bonds is 4. The minimum atomic E-state index is -0.982. The second-order valence-electron chi connectivity index (χ2n) is 5.00. The third kappa shape index (κ3) is 3.09. The molecule has 1 heterocycles. The topological polar surface area (TPSA) is 75.4 Å². The first-order valence-corrected chi connectivity index (χ1v) is 5.82. The summed E-state index contributed by atoms with van der Waals surface area (Å²) in [5.41, 5.74) is -0.634. The van der Waals surface area contributed by atoms with E-state index in [1.54, 1.807) is 17.7 Å². The van der Waals surface area contributed by atoms with E-state index in [4.69, 9.17) is 5.11 Å². The van der Waals surface area contributed by atoms with E-state index < -0.39 is 5.97 Å². The van der Waals surface area contributed by atoms with Gasteiger partial charge in [-0.05, 0) is 27.7 Å². The molecule has 6 nitrogen and oxygen atoms in total. The summed E-state index contributed by atoms with van der Waals surface area (Å²) in [6.07, 6.45) is 3.13. The third-order valence-corrected chi connectivity index (χ3v) is 2.55. The van der Waals surface area contributed by atoms with E-state index in [-0.39, 0.29) is 23.5 Å². The maximum absolute atomic E-state index is 12.3. The zero-order chi connectivity index (χ0) is 13.9. The molecular formula is C12H19N3O3. The Morgan fingerprint density at radius 1 is 1.50 bits per heavy atom. The highest BCUT2D eigenvalue weighted by Gasteiger charge is 2.20. The van der Waals surface area contributed by atoms with Gasteiger partial charge >= 0.3 is 5.97 Å². The number of hydrogen-bond donors (Lipinski definition) is 1. The summed E-state index contributed by atoms with van der Waals surface area (Å²) in [4.78, 5) is 28.5. The Bertz CT molecular complexity index is 488. The largest absolute Gasteiger partial charge is 0.480 e. The van der Waals surface area contributed by atoms with Crippen molar-refractivity contribution < 1.29 is 9.90 Å². The van der Waals surface area contributed by atoms with Gasteiger partial charge in [-0.2, -0.15) is 0 Å². The molecule has 0 aliphatic carbocycles. The van der Waals surface area contributed by atoms with Crippen molar-refractivity contribution >= 4 is 11.8 Å². The standard InChI is InChI=1S/C12H19N3O3/c1-5-14(8-9(16)17)10-11(18)15(7-6-13-10)12(2,3)4/h6-7H,5,8H2,1-4H3,(H,16,17). The summed E-state index contributed by atoms with van der Waals surface area (Å²) in [5, 5.41) is 8.82. The molecule has 0 fully saturated rings. The van der Waals surface area contributed by atoms with E-state index in [1.807, 2.05) is 20.8 Å². The average molecular weight is 253 g/mol. The van der Waals surface area contributed by atoms with Crippen LogP contribution in [0.1, 0.15) is 27.7 Å². The molecule has 1 N–H and O–H groups in total. The highest BCUT2D eigenvalue weighted by atomic mass is 16.4. The number of carboxylic acid groups (broad SMARTS) is 1. The second kappa shape index (κ2) is 5.20. The lowest BCUT2D eigenvalue weighted by molar-refractivity contribution is -0.135. The first kappa shape index (κ1) is 14.2. The van der Waals surface area contributed by atoms with Gasteiger partial charge in [-0.15, -0.1) is 0 Å². The van der Waals surface area contributed by atoms with Crippen LogP contribution in [0.15, 0.2) is 17.2 Å². The van der Waals surface area contributed by atoms with Gasteiger partial charge in [0.05, 0.1) is 0 Å². The lowest BCUT2D eigenvalue weighted by Gasteiger charge is -2.25. The van der Waals surface area contributed by atoms with E-state index >= 15 is 0 Å². The average Bonchev–Trinajstić information content (AvgIpc) is 2.24. The predicted octanol–water partition coefficient (Wildman–Crippen LogP) is 0.909. The number of likely N-dealkylation sites (N-methyl/N-ethyl adjacent to an activating group) is 1. The number of carboxylic acids is 1. The second-order valence-corrected chi connectivity index (χ2v) is 5.00. The summed E-state index contributed by atoms with van der Waals surface area (Å²) < 4.78 is 1.56. The molecule has 1 aromatic rings.